The van der Waals surface area contributed by atoms with Gasteiger partial charge in [-0.1, -0.05) is 6.07 Å². The van der Waals surface area contributed by atoms with Gasteiger partial charge < -0.3 is 15.2 Å². The largest absolute Gasteiger partial charge is 0.328 e. The van der Waals surface area contributed by atoms with Gasteiger partial charge in [-0.25, -0.2) is 18.4 Å². The predicted molar refractivity (Wildman–Crippen MR) is 131 cm³/mol. The van der Waals surface area contributed by atoms with Gasteiger partial charge in [0.15, 0.2) is 0 Å². The van der Waals surface area contributed by atoms with Crippen LogP contribution in [-0.4, -0.2) is 47.1 Å². The van der Waals surface area contributed by atoms with Crippen molar-refractivity contribution in [2.75, 3.05) is 28.2 Å². The number of pyridine rings is 1. The van der Waals surface area contributed by atoms with Gasteiger partial charge in [-0.15, -0.1) is 0 Å². The lowest BCUT2D eigenvalue weighted by molar-refractivity contribution is -0.116. The summed E-state index contributed by atoms with van der Waals surface area (Å²) in [5.41, 5.74) is 4.18. The number of aromatic nitrogens is 4. The maximum atomic E-state index is 12.1. The average molecular weight is 478 g/mol. The molecular weight excluding hydrogens is 454 g/mol. The lowest BCUT2D eigenvalue weighted by Crippen LogP contribution is -2.27. The Balaban J connectivity index is 1.43. The molecule has 0 saturated heterocycles. The first-order valence-electron chi connectivity index (χ1n) is 10.7. The molecule has 3 aromatic heterocycles. The fraction of sp³-hybridized carbons (Fsp3) is 0.217. The third kappa shape index (κ3) is 4.29. The molecule has 10 nitrogen and oxygen atoms in total. The first-order chi connectivity index (χ1) is 16.3. The third-order valence-electron chi connectivity index (χ3n) is 5.76. The van der Waals surface area contributed by atoms with Gasteiger partial charge in [0.05, 0.1) is 12.8 Å². The topological polar surface area (TPSA) is 122 Å². The molecule has 0 radical (unpaired) electrons. The molecule has 4 aromatic rings. The van der Waals surface area contributed by atoms with Crippen molar-refractivity contribution in [2.45, 2.75) is 19.4 Å². The Morgan fingerprint density at radius 1 is 1.18 bits per heavy atom. The predicted octanol–water partition coefficient (Wildman–Crippen LogP) is 2.90. The van der Waals surface area contributed by atoms with Crippen molar-refractivity contribution in [1.29, 1.82) is 0 Å². The molecule has 4 heterocycles. The van der Waals surface area contributed by atoms with Crippen LogP contribution >= 0.6 is 0 Å². The van der Waals surface area contributed by atoms with Crippen LogP contribution < -0.4 is 14.9 Å². The van der Waals surface area contributed by atoms with E-state index in [2.05, 4.69) is 20.6 Å². The second kappa shape index (κ2) is 8.41. The minimum atomic E-state index is -3.45. The number of benzene rings is 1. The van der Waals surface area contributed by atoms with Gasteiger partial charge in [-0.2, -0.15) is 4.98 Å². The van der Waals surface area contributed by atoms with Crippen LogP contribution in [0.4, 0.5) is 23.1 Å². The molecule has 34 heavy (non-hydrogen) atoms. The van der Waals surface area contributed by atoms with E-state index >= 15 is 0 Å². The fourth-order valence-corrected chi connectivity index (χ4v) is 4.41. The number of carbonyl (C=O) groups is 1. The molecule has 5 rings (SSSR count). The summed E-state index contributed by atoms with van der Waals surface area (Å²) in [5, 5.41) is 6.98. The van der Waals surface area contributed by atoms with Gasteiger partial charge in [-0.3, -0.25) is 9.10 Å². The summed E-state index contributed by atoms with van der Waals surface area (Å²) in [4.78, 5) is 25.0. The molecule has 0 spiro atoms. The van der Waals surface area contributed by atoms with E-state index in [-0.39, 0.29) is 5.91 Å². The minimum absolute atomic E-state index is 0.0299. The molecule has 0 fully saturated rings. The molecule has 1 aliphatic heterocycles. The summed E-state index contributed by atoms with van der Waals surface area (Å²) >= 11 is 0. The molecule has 1 amide bonds. The molecule has 0 bridgehead atoms. The van der Waals surface area contributed by atoms with E-state index in [0.29, 0.717) is 36.8 Å². The van der Waals surface area contributed by atoms with Crippen molar-refractivity contribution in [1.82, 2.24) is 19.5 Å². The van der Waals surface area contributed by atoms with Crippen LogP contribution in [0.15, 0.2) is 55.0 Å². The number of anilines is 4. The van der Waals surface area contributed by atoms with Gasteiger partial charge in [0.25, 0.3) is 0 Å². The van der Waals surface area contributed by atoms with Crippen LogP contribution in [-0.2, 0) is 27.8 Å². The van der Waals surface area contributed by atoms with Gasteiger partial charge in [0, 0.05) is 54.4 Å². The molecular formula is C23H23N7O3S. The summed E-state index contributed by atoms with van der Waals surface area (Å²) in [6.07, 6.45) is 7.51. The Bertz CT molecular complexity index is 1510. The second-order valence-electron chi connectivity index (χ2n) is 8.18. The van der Waals surface area contributed by atoms with E-state index in [9.17, 15) is 13.2 Å². The number of rotatable bonds is 6. The van der Waals surface area contributed by atoms with E-state index in [1.807, 2.05) is 41.1 Å². The molecule has 0 saturated carbocycles. The third-order valence-corrected chi connectivity index (χ3v) is 6.93. The Kier molecular flexibility index (Phi) is 5.40. The first kappa shape index (κ1) is 21.8. The Morgan fingerprint density at radius 3 is 2.85 bits per heavy atom. The van der Waals surface area contributed by atoms with Crippen LogP contribution in [0.3, 0.4) is 0 Å². The van der Waals surface area contributed by atoms with Gasteiger partial charge >= 0.3 is 0 Å². The monoisotopic (exact) mass is 477 g/mol. The van der Waals surface area contributed by atoms with Crippen LogP contribution in [0.1, 0.15) is 17.5 Å². The van der Waals surface area contributed by atoms with Crippen molar-refractivity contribution in [3.8, 4) is 0 Å². The number of amides is 1. The van der Waals surface area contributed by atoms with Gasteiger partial charge in [0.2, 0.25) is 21.9 Å². The van der Waals surface area contributed by atoms with Crippen LogP contribution in [0.5, 0.6) is 0 Å². The molecule has 11 heteroatoms. The van der Waals surface area contributed by atoms with E-state index in [1.54, 1.807) is 18.5 Å². The van der Waals surface area contributed by atoms with Crippen molar-refractivity contribution in [3.63, 3.8) is 0 Å². The first-order valence-corrected chi connectivity index (χ1v) is 12.5. The number of aryl methyl sites for hydroxylation is 1. The molecule has 1 aromatic carbocycles. The number of sulfonamides is 1. The van der Waals surface area contributed by atoms with Crippen molar-refractivity contribution < 1.29 is 13.2 Å². The zero-order valence-electron chi connectivity index (χ0n) is 18.7. The number of fused-ring (bicyclic) bond motifs is 2. The Hall–Kier alpha value is -3.99. The number of nitrogens with zero attached hydrogens (tertiary/aromatic N) is 5. The van der Waals surface area contributed by atoms with E-state index in [0.717, 1.165) is 34.1 Å². The van der Waals surface area contributed by atoms with E-state index in [1.165, 1.54) is 11.4 Å². The van der Waals surface area contributed by atoms with Crippen molar-refractivity contribution >= 4 is 50.1 Å². The number of nitrogens with one attached hydrogen (secondary N) is 2. The normalized spacial score (nSPS) is 13.4. The van der Waals surface area contributed by atoms with Crippen LogP contribution in [0.25, 0.3) is 11.0 Å². The van der Waals surface area contributed by atoms with Crippen LogP contribution in [0, 0.1) is 0 Å². The number of hydrogen-bond acceptors (Lipinski definition) is 7. The summed E-state index contributed by atoms with van der Waals surface area (Å²) < 4.78 is 27.2. The Morgan fingerprint density at radius 2 is 2.03 bits per heavy atom. The zero-order valence-corrected chi connectivity index (χ0v) is 19.5. The second-order valence-corrected chi connectivity index (χ2v) is 10.2. The zero-order chi connectivity index (χ0) is 23.9. The van der Waals surface area contributed by atoms with Gasteiger partial charge in [-0.05, 0) is 42.3 Å². The molecule has 0 aliphatic carbocycles. The maximum absolute atomic E-state index is 12.1. The van der Waals surface area contributed by atoms with E-state index < -0.39 is 10.0 Å². The molecule has 0 unspecified atom stereocenters. The standard InChI is InChI=1S/C23H23N7O3S/c1-29(34(2,32)33)21-17(4-3-10-24-21)14-30-11-9-16-13-25-23(28-22(16)30)26-18-6-7-19-15(12-18)5-8-20(31)27-19/h3-4,6-7,9-13H,5,8,14H2,1-2H3,(H,27,31)(H,25,26,28). The summed E-state index contributed by atoms with van der Waals surface area (Å²) in [6, 6.07) is 11.3. The fourth-order valence-electron chi connectivity index (χ4n) is 3.93. The maximum Gasteiger partial charge on any atom is 0.233 e. The SMILES string of the molecule is CN(c1ncccc1Cn1ccc2cnc(Nc3ccc4c(c3)CCC(=O)N4)nc21)S(C)(=O)=O. The van der Waals surface area contributed by atoms with E-state index in [4.69, 9.17) is 4.98 Å². The van der Waals surface area contributed by atoms with Crippen LogP contribution in [0.2, 0.25) is 0 Å². The number of hydrogen-bond donors (Lipinski definition) is 2. The quantitative estimate of drug-likeness (QED) is 0.438. The lowest BCUT2D eigenvalue weighted by atomic mass is 10.0. The highest BCUT2D eigenvalue weighted by molar-refractivity contribution is 7.92. The number of carbonyl (C=O) groups excluding carboxylic acids is 1. The molecule has 174 valence electrons. The van der Waals surface area contributed by atoms with Crippen molar-refractivity contribution in [2.24, 2.45) is 0 Å². The highest BCUT2D eigenvalue weighted by Gasteiger charge is 2.18. The lowest BCUT2D eigenvalue weighted by Gasteiger charge is -2.19. The highest BCUT2D eigenvalue weighted by Crippen LogP contribution is 2.27. The summed E-state index contributed by atoms with van der Waals surface area (Å²) in [7, 11) is -1.96. The summed E-state index contributed by atoms with van der Waals surface area (Å²) in [5.74, 6) is 0.842. The molecule has 2 N–H and O–H groups in total. The molecule has 1 aliphatic rings. The minimum Gasteiger partial charge on any atom is -0.328 e. The highest BCUT2D eigenvalue weighted by atomic mass is 32.2. The Labute approximate surface area is 196 Å². The van der Waals surface area contributed by atoms with Gasteiger partial charge in [0.1, 0.15) is 11.5 Å². The molecule has 0 atom stereocenters. The van der Waals surface area contributed by atoms with Crippen molar-refractivity contribution in [3.05, 3.63) is 66.1 Å². The smallest absolute Gasteiger partial charge is 0.233 e. The average Bonchev–Trinajstić information content (AvgIpc) is 3.20. The summed E-state index contributed by atoms with van der Waals surface area (Å²) in [6.45, 7) is 0.390.